The predicted molar refractivity (Wildman–Crippen MR) is 166 cm³/mol. The number of hydrogen-bond donors (Lipinski definition) is 2. The van der Waals surface area contributed by atoms with Crippen molar-refractivity contribution in [2.45, 2.75) is 31.4 Å². The third kappa shape index (κ3) is 5.98. The second-order valence-corrected chi connectivity index (χ2v) is 11.4. The molecule has 1 fully saturated rings. The van der Waals surface area contributed by atoms with E-state index in [1.165, 1.54) is 35.4 Å². The molecule has 11 nitrogen and oxygen atoms in total. The number of amides is 3. The van der Waals surface area contributed by atoms with E-state index >= 15 is 0 Å². The number of methoxy groups -OCH3 is 1. The van der Waals surface area contributed by atoms with Gasteiger partial charge in [-0.25, -0.2) is 9.07 Å². The molecule has 1 aromatic heterocycles. The average Bonchev–Trinajstić information content (AvgIpc) is 3.55. The van der Waals surface area contributed by atoms with Crippen molar-refractivity contribution in [2.75, 3.05) is 37.0 Å². The molecule has 232 valence electrons. The van der Waals surface area contributed by atoms with Crippen molar-refractivity contribution < 1.29 is 23.5 Å². The number of nitrogens with zero attached hydrogens (tertiary/aromatic N) is 5. The SMILES string of the molecule is COC1CCN(c2cccc3c2CCN(C(=O)c2cn(-c4cccc(Cl)c4F)nn2)C3C(=O)Nc2ccc(C(N)=O)cc2)CC1. The molecule has 3 N–H and O–H groups in total. The quantitative estimate of drug-likeness (QED) is 0.313. The first-order chi connectivity index (χ1) is 21.7. The molecule has 0 saturated carbocycles. The van der Waals surface area contributed by atoms with Crippen molar-refractivity contribution >= 4 is 40.7 Å². The van der Waals surface area contributed by atoms with Crippen molar-refractivity contribution in [3.05, 3.63) is 100 Å². The van der Waals surface area contributed by atoms with Crippen molar-refractivity contribution in [3.8, 4) is 5.69 Å². The molecule has 1 atom stereocenters. The second-order valence-electron chi connectivity index (χ2n) is 11.0. The number of fused-ring (bicyclic) bond motifs is 1. The number of carbonyl (C=O) groups excluding carboxylic acids is 3. The van der Waals surface area contributed by atoms with Crippen molar-refractivity contribution in [1.82, 2.24) is 19.9 Å². The van der Waals surface area contributed by atoms with E-state index in [4.69, 9.17) is 22.1 Å². The highest BCUT2D eigenvalue weighted by molar-refractivity contribution is 6.30. The maximum Gasteiger partial charge on any atom is 0.277 e. The van der Waals surface area contributed by atoms with E-state index in [1.54, 1.807) is 25.3 Å². The maximum absolute atomic E-state index is 14.7. The molecule has 2 aliphatic rings. The Balaban J connectivity index is 1.34. The van der Waals surface area contributed by atoms with Gasteiger partial charge in [0.2, 0.25) is 5.91 Å². The number of primary amides is 1. The number of rotatable bonds is 7. The Morgan fingerprint density at radius 2 is 1.71 bits per heavy atom. The van der Waals surface area contributed by atoms with Crippen LogP contribution in [0.2, 0.25) is 5.02 Å². The standard InChI is InChI=1S/C32H31ClFN7O4/c1-45-21-12-15-39(16-13-21)26-6-2-4-23-22(26)14-17-40(29(23)31(43)36-20-10-8-19(9-11-20)30(35)42)32(44)25-18-41(38-37-25)27-7-3-5-24(33)28(27)34/h2-11,18,21,29H,12-17H2,1H3,(H2,35,42)(H,36,43). The lowest BCUT2D eigenvalue weighted by atomic mass is 9.89. The summed E-state index contributed by atoms with van der Waals surface area (Å²) in [5, 5.41) is 10.8. The van der Waals surface area contributed by atoms with Gasteiger partial charge >= 0.3 is 0 Å². The number of ether oxygens (including phenoxy) is 1. The molecule has 0 spiro atoms. The van der Waals surface area contributed by atoms with E-state index in [0.717, 1.165) is 41.9 Å². The van der Waals surface area contributed by atoms with Gasteiger partial charge in [-0.05, 0) is 72.9 Å². The van der Waals surface area contributed by atoms with Crippen molar-refractivity contribution in [2.24, 2.45) is 5.73 Å². The number of aromatic nitrogens is 3. The molecule has 0 radical (unpaired) electrons. The van der Waals surface area contributed by atoms with Gasteiger partial charge in [0, 0.05) is 43.7 Å². The highest BCUT2D eigenvalue weighted by atomic mass is 35.5. The monoisotopic (exact) mass is 631 g/mol. The normalized spacial score (nSPS) is 16.7. The van der Waals surface area contributed by atoms with Gasteiger partial charge < -0.3 is 25.6 Å². The Morgan fingerprint density at radius 1 is 1.00 bits per heavy atom. The lowest BCUT2D eigenvalue weighted by Gasteiger charge is -2.40. The highest BCUT2D eigenvalue weighted by Crippen LogP contribution is 2.38. The van der Waals surface area contributed by atoms with Crippen LogP contribution in [-0.4, -0.2) is 70.5 Å². The number of nitrogens with one attached hydrogen (secondary N) is 1. The van der Waals surface area contributed by atoms with Crippen LogP contribution in [0, 0.1) is 5.82 Å². The van der Waals surface area contributed by atoms with Gasteiger partial charge in [-0.2, -0.15) is 0 Å². The number of hydrogen-bond acceptors (Lipinski definition) is 7. The first kappa shape index (κ1) is 30.2. The van der Waals surface area contributed by atoms with Gasteiger partial charge in [0.25, 0.3) is 11.8 Å². The van der Waals surface area contributed by atoms with Crippen LogP contribution in [-0.2, 0) is 16.0 Å². The number of nitrogens with two attached hydrogens (primary N) is 1. The van der Waals surface area contributed by atoms with Gasteiger partial charge in [0.1, 0.15) is 11.7 Å². The molecule has 1 saturated heterocycles. The molecule has 0 aliphatic carbocycles. The van der Waals surface area contributed by atoms with Gasteiger partial charge in [-0.1, -0.05) is 35.0 Å². The third-order valence-electron chi connectivity index (χ3n) is 8.35. The first-order valence-electron chi connectivity index (χ1n) is 14.5. The Hall–Kier alpha value is -4.81. The molecule has 2 aliphatic heterocycles. The van der Waals surface area contributed by atoms with Gasteiger partial charge in [0.15, 0.2) is 11.5 Å². The first-order valence-corrected chi connectivity index (χ1v) is 14.9. The summed E-state index contributed by atoms with van der Waals surface area (Å²) in [5.41, 5.74) is 8.80. The number of piperidine rings is 1. The van der Waals surface area contributed by atoms with Crippen LogP contribution in [0.25, 0.3) is 5.69 Å². The lowest BCUT2D eigenvalue weighted by Crippen LogP contribution is -2.46. The molecular formula is C32H31ClFN7O4. The minimum absolute atomic E-state index is 0.0358. The highest BCUT2D eigenvalue weighted by Gasteiger charge is 2.39. The van der Waals surface area contributed by atoms with Crippen LogP contribution < -0.4 is 16.0 Å². The zero-order chi connectivity index (χ0) is 31.7. The van der Waals surface area contributed by atoms with Crippen LogP contribution >= 0.6 is 11.6 Å². The maximum atomic E-state index is 14.7. The average molecular weight is 632 g/mol. The minimum atomic E-state index is -1.01. The van der Waals surface area contributed by atoms with E-state index in [9.17, 15) is 18.8 Å². The number of halogens is 2. The Bertz CT molecular complexity index is 1750. The van der Waals surface area contributed by atoms with E-state index in [2.05, 4.69) is 20.5 Å². The van der Waals surface area contributed by atoms with E-state index < -0.39 is 29.6 Å². The summed E-state index contributed by atoms with van der Waals surface area (Å²) in [6.45, 7) is 1.85. The zero-order valence-corrected chi connectivity index (χ0v) is 25.2. The number of benzene rings is 3. The van der Waals surface area contributed by atoms with Crippen LogP contribution in [0.3, 0.4) is 0 Å². The van der Waals surface area contributed by atoms with Crippen molar-refractivity contribution in [3.63, 3.8) is 0 Å². The molecule has 4 aromatic rings. The summed E-state index contributed by atoms with van der Waals surface area (Å²) in [4.78, 5) is 43.3. The number of carbonyl (C=O) groups is 3. The molecule has 3 amide bonds. The van der Waals surface area contributed by atoms with E-state index in [0.29, 0.717) is 23.2 Å². The molecule has 6 rings (SSSR count). The topological polar surface area (TPSA) is 136 Å². The summed E-state index contributed by atoms with van der Waals surface area (Å²) in [7, 11) is 1.73. The molecule has 1 unspecified atom stereocenters. The Labute approximate surface area is 263 Å². The molecule has 45 heavy (non-hydrogen) atoms. The Morgan fingerprint density at radius 3 is 2.42 bits per heavy atom. The van der Waals surface area contributed by atoms with E-state index in [1.807, 2.05) is 18.2 Å². The molecule has 3 aromatic carbocycles. The van der Waals surface area contributed by atoms with Gasteiger partial charge in [-0.3, -0.25) is 14.4 Å². The third-order valence-corrected chi connectivity index (χ3v) is 8.64. The van der Waals surface area contributed by atoms with Crippen LogP contribution in [0.15, 0.2) is 66.9 Å². The second kappa shape index (κ2) is 12.7. The van der Waals surface area contributed by atoms with Crippen LogP contribution in [0.5, 0.6) is 0 Å². The lowest BCUT2D eigenvalue weighted by molar-refractivity contribution is -0.121. The fraction of sp³-hybridized carbons (Fsp3) is 0.281. The largest absolute Gasteiger partial charge is 0.381 e. The molecule has 3 heterocycles. The van der Waals surface area contributed by atoms with Gasteiger partial charge in [-0.15, -0.1) is 5.10 Å². The number of anilines is 2. The molecule has 13 heteroatoms. The van der Waals surface area contributed by atoms with Crippen LogP contribution in [0.1, 0.15) is 50.9 Å². The summed E-state index contributed by atoms with van der Waals surface area (Å²) >= 11 is 5.94. The fourth-order valence-electron chi connectivity index (χ4n) is 6.00. The molecule has 0 bridgehead atoms. The zero-order valence-electron chi connectivity index (χ0n) is 24.5. The van der Waals surface area contributed by atoms with Crippen molar-refractivity contribution in [1.29, 1.82) is 0 Å². The summed E-state index contributed by atoms with van der Waals surface area (Å²) in [6, 6.07) is 15.4. The summed E-state index contributed by atoms with van der Waals surface area (Å²) < 4.78 is 21.4. The van der Waals surface area contributed by atoms with Crippen LogP contribution in [0.4, 0.5) is 15.8 Å². The predicted octanol–water partition coefficient (Wildman–Crippen LogP) is 4.15. The smallest absolute Gasteiger partial charge is 0.277 e. The van der Waals surface area contributed by atoms with Gasteiger partial charge in [0.05, 0.1) is 17.3 Å². The molecular weight excluding hydrogens is 601 g/mol. The van der Waals surface area contributed by atoms with E-state index in [-0.39, 0.29) is 29.1 Å². The summed E-state index contributed by atoms with van der Waals surface area (Å²) in [6.07, 6.45) is 3.82. The Kier molecular flexibility index (Phi) is 8.50. The fourth-order valence-corrected chi connectivity index (χ4v) is 6.17. The summed E-state index contributed by atoms with van der Waals surface area (Å²) in [5.74, 6) is -2.26. The minimum Gasteiger partial charge on any atom is -0.381 e.